The van der Waals surface area contributed by atoms with E-state index in [1.54, 1.807) is 0 Å². The molecular formula is C23H35FN6O. The summed E-state index contributed by atoms with van der Waals surface area (Å²) in [7, 11) is 0. The van der Waals surface area contributed by atoms with Gasteiger partial charge in [-0.2, -0.15) is 0 Å². The van der Waals surface area contributed by atoms with Crippen LogP contribution in [0, 0.1) is 5.82 Å². The molecule has 8 heteroatoms. The molecule has 0 unspecified atom stereocenters. The molecule has 1 aromatic carbocycles. The maximum Gasteiger partial charge on any atom is 0.191 e. The number of piperazine rings is 1. The van der Waals surface area contributed by atoms with Gasteiger partial charge in [-0.05, 0) is 37.6 Å². The molecule has 31 heavy (non-hydrogen) atoms. The van der Waals surface area contributed by atoms with Crippen molar-refractivity contribution in [3.63, 3.8) is 0 Å². The minimum absolute atomic E-state index is 0.188. The fourth-order valence-electron chi connectivity index (χ4n) is 3.83. The van der Waals surface area contributed by atoms with Gasteiger partial charge in [-0.25, -0.2) is 9.38 Å². The summed E-state index contributed by atoms with van der Waals surface area (Å²) in [6.45, 7) is 13.3. The molecule has 0 amide bonds. The van der Waals surface area contributed by atoms with Crippen molar-refractivity contribution < 1.29 is 8.91 Å². The first-order valence-corrected chi connectivity index (χ1v) is 11.4. The van der Waals surface area contributed by atoms with Crippen molar-refractivity contribution in [3.05, 3.63) is 47.1 Å². The Hall–Kier alpha value is -2.61. The molecule has 170 valence electrons. The second-order valence-electron chi connectivity index (χ2n) is 7.67. The molecule has 0 aliphatic carbocycles. The molecule has 7 nitrogen and oxygen atoms in total. The third kappa shape index (κ3) is 6.43. The van der Waals surface area contributed by atoms with E-state index < -0.39 is 0 Å². The number of aliphatic imine (C=N–C) groups is 1. The van der Waals surface area contributed by atoms with Crippen LogP contribution in [0.2, 0.25) is 0 Å². The topological polar surface area (TPSA) is 68.9 Å². The summed E-state index contributed by atoms with van der Waals surface area (Å²) in [6, 6.07) is 6.77. The minimum atomic E-state index is -0.188. The van der Waals surface area contributed by atoms with Gasteiger partial charge >= 0.3 is 0 Å². The number of guanidine groups is 1. The number of hydrogen-bond acceptors (Lipinski definition) is 5. The smallest absolute Gasteiger partial charge is 0.191 e. The van der Waals surface area contributed by atoms with Crippen molar-refractivity contribution in [1.29, 1.82) is 0 Å². The highest BCUT2D eigenvalue weighted by atomic mass is 19.1. The van der Waals surface area contributed by atoms with Gasteiger partial charge in [-0.3, -0.25) is 4.90 Å². The molecule has 0 radical (unpaired) electrons. The summed E-state index contributed by atoms with van der Waals surface area (Å²) >= 11 is 0. The number of halogens is 1. The normalized spacial score (nSPS) is 15.4. The SMILES string of the molecule is CCNC(=NCc1c(CC)noc1CC)NCCN1CCN(c2ccc(F)cc2)CC1. The zero-order chi connectivity index (χ0) is 22.1. The lowest BCUT2D eigenvalue weighted by molar-refractivity contribution is 0.261. The fraction of sp³-hybridized carbons (Fsp3) is 0.565. The highest BCUT2D eigenvalue weighted by molar-refractivity contribution is 5.79. The van der Waals surface area contributed by atoms with Gasteiger partial charge in [0.05, 0.1) is 12.2 Å². The van der Waals surface area contributed by atoms with Crippen molar-refractivity contribution in [1.82, 2.24) is 20.7 Å². The summed E-state index contributed by atoms with van der Waals surface area (Å²) in [5, 5.41) is 10.9. The molecule has 2 heterocycles. The van der Waals surface area contributed by atoms with E-state index in [1.165, 1.54) is 12.1 Å². The summed E-state index contributed by atoms with van der Waals surface area (Å²) in [4.78, 5) is 9.51. The monoisotopic (exact) mass is 430 g/mol. The minimum Gasteiger partial charge on any atom is -0.369 e. The number of hydrogen-bond donors (Lipinski definition) is 2. The maximum atomic E-state index is 13.1. The van der Waals surface area contributed by atoms with Crippen LogP contribution in [-0.4, -0.2) is 61.8 Å². The van der Waals surface area contributed by atoms with Crippen molar-refractivity contribution >= 4 is 11.6 Å². The average molecular weight is 431 g/mol. The molecule has 1 saturated heterocycles. The molecule has 1 aromatic heterocycles. The van der Waals surface area contributed by atoms with Crippen LogP contribution in [0.3, 0.4) is 0 Å². The van der Waals surface area contributed by atoms with Crippen LogP contribution in [0.4, 0.5) is 10.1 Å². The molecule has 1 fully saturated rings. The predicted molar refractivity (Wildman–Crippen MR) is 123 cm³/mol. The van der Waals surface area contributed by atoms with Gasteiger partial charge in [0.2, 0.25) is 0 Å². The highest BCUT2D eigenvalue weighted by Gasteiger charge is 2.17. The van der Waals surface area contributed by atoms with E-state index in [2.05, 4.69) is 46.4 Å². The molecule has 0 spiro atoms. The molecule has 2 aromatic rings. The largest absolute Gasteiger partial charge is 0.369 e. The molecular weight excluding hydrogens is 395 g/mol. The molecule has 1 aliphatic heterocycles. The number of nitrogens with zero attached hydrogens (tertiary/aromatic N) is 4. The molecule has 0 atom stereocenters. The van der Waals surface area contributed by atoms with Crippen molar-refractivity contribution in [3.8, 4) is 0 Å². The molecule has 3 rings (SSSR count). The molecule has 0 saturated carbocycles. The first-order valence-electron chi connectivity index (χ1n) is 11.4. The van der Waals surface area contributed by atoms with Crippen LogP contribution < -0.4 is 15.5 Å². The number of aromatic nitrogens is 1. The summed E-state index contributed by atoms with van der Waals surface area (Å²) in [5.74, 6) is 1.56. The molecule has 0 bridgehead atoms. The Morgan fingerprint density at radius 2 is 1.81 bits per heavy atom. The van der Waals surface area contributed by atoms with Gasteiger partial charge in [0, 0.05) is 63.5 Å². The Labute approximate surface area is 184 Å². The van der Waals surface area contributed by atoms with E-state index in [4.69, 9.17) is 9.52 Å². The van der Waals surface area contributed by atoms with Gasteiger partial charge in [-0.15, -0.1) is 0 Å². The quantitative estimate of drug-likeness (QED) is 0.471. The first kappa shape index (κ1) is 23.1. The highest BCUT2D eigenvalue weighted by Crippen LogP contribution is 2.17. The number of rotatable bonds is 9. The van der Waals surface area contributed by atoms with Gasteiger partial charge in [0.1, 0.15) is 11.6 Å². The van der Waals surface area contributed by atoms with E-state index in [-0.39, 0.29) is 5.82 Å². The average Bonchev–Trinajstić information content (AvgIpc) is 3.20. The number of anilines is 1. The Bertz CT molecular complexity index is 806. The maximum absolute atomic E-state index is 13.1. The number of nitrogens with one attached hydrogen (secondary N) is 2. The van der Waals surface area contributed by atoms with Crippen LogP contribution in [0.25, 0.3) is 0 Å². The van der Waals surface area contributed by atoms with Gasteiger partial charge in [-0.1, -0.05) is 19.0 Å². The second kappa shape index (κ2) is 11.7. The van der Waals surface area contributed by atoms with Crippen molar-refractivity contribution in [2.75, 3.05) is 50.7 Å². The predicted octanol–water partition coefficient (Wildman–Crippen LogP) is 2.82. The van der Waals surface area contributed by atoms with E-state index in [9.17, 15) is 4.39 Å². The van der Waals surface area contributed by atoms with E-state index in [0.717, 1.165) is 87.3 Å². The first-order chi connectivity index (χ1) is 15.1. The Morgan fingerprint density at radius 1 is 1.06 bits per heavy atom. The zero-order valence-corrected chi connectivity index (χ0v) is 19.0. The van der Waals surface area contributed by atoms with Crippen molar-refractivity contribution in [2.24, 2.45) is 4.99 Å². The van der Waals surface area contributed by atoms with Crippen LogP contribution in [0.5, 0.6) is 0 Å². The third-order valence-electron chi connectivity index (χ3n) is 5.63. The Morgan fingerprint density at radius 3 is 2.45 bits per heavy atom. The zero-order valence-electron chi connectivity index (χ0n) is 19.0. The van der Waals surface area contributed by atoms with Gasteiger partial charge in [0.25, 0.3) is 0 Å². The van der Waals surface area contributed by atoms with Crippen LogP contribution in [0.1, 0.15) is 37.8 Å². The third-order valence-corrected chi connectivity index (χ3v) is 5.63. The van der Waals surface area contributed by atoms with E-state index >= 15 is 0 Å². The number of aryl methyl sites for hydroxylation is 2. The van der Waals surface area contributed by atoms with Crippen LogP contribution >= 0.6 is 0 Å². The van der Waals surface area contributed by atoms with Crippen LogP contribution in [0.15, 0.2) is 33.8 Å². The lowest BCUT2D eigenvalue weighted by atomic mass is 10.1. The fourth-order valence-corrected chi connectivity index (χ4v) is 3.83. The molecule has 1 aliphatic rings. The summed E-state index contributed by atoms with van der Waals surface area (Å²) < 4.78 is 18.6. The van der Waals surface area contributed by atoms with Gasteiger partial charge < -0.3 is 20.1 Å². The molecule has 2 N–H and O–H groups in total. The Balaban J connectivity index is 1.46. The van der Waals surface area contributed by atoms with Gasteiger partial charge in [0.15, 0.2) is 5.96 Å². The summed E-state index contributed by atoms with van der Waals surface area (Å²) in [5.41, 5.74) is 3.20. The van der Waals surface area contributed by atoms with Crippen LogP contribution in [-0.2, 0) is 19.4 Å². The summed E-state index contributed by atoms with van der Waals surface area (Å²) in [6.07, 6.45) is 1.67. The van der Waals surface area contributed by atoms with E-state index in [0.29, 0.717) is 6.54 Å². The van der Waals surface area contributed by atoms with E-state index in [1.807, 2.05) is 12.1 Å². The van der Waals surface area contributed by atoms with Crippen molar-refractivity contribution in [2.45, 2.75) is 40.2 Å². The Kier molecular flexibility index (Phi) is 8.70. The lowest BCUT2D eigenvalue weighted by Gasteiger charge is -2.36. The second-order valence-corrected chi connectivity index (χ2v) is 7.67. The standard InChI is InChI=1S/C23H35FN6O/c1-4-21-20(22(5-2)31-28-21)17-27-23(25-6-3)26-11-12-29-13-15-30(16-14-29)19-9-7-18(24)8-10-19/h7-10H,4-6,11-17H2,1-3H3,(H2,25,26,27). The number of benzene rings is 1. The lowest BCUT2D eigenvalue weighted by Crippen LogP contribution is -2.49.